The SMILES string of the molecule is CCO[C@H]1C2C(=O)c3c(O)c4c(c(CC=C(C)C)c3O[C@@]23[C@@H]2C[C@H]1C(=O)C3(C/C=C(\C)C=O)OC2(C)C)OC(C)(C)C=C4. The van der Waals surface area contributed by atoms with Crippen LogP contribution in [0, 0.1) is 17.8 Å². The molecule has 1 saturated heterocycles. The van der Waals surface area contributed by atoms with Crippen LogP contribution in [0.5, 0.6) is 17.2 Å². The number of aldehydes is 1. The van der Waals surface area contributed by atoms with Crippen LogP contribution in [0.25, 0.3) is 6.08 Å². The van der Waals surface area contributed by atoms with E-state index in [1.165, 1.54) is 0 Å². The summed E-state index contributed by atoms with van der Waals surface area (Å²) in [6, 6.07) is 0. The number of aromatic hydroxyl groups is 1. The number of rotatable bonds is 7. The molecule has 7 rings (SSSR count). The van der Waals surface area contributed by atoms with E-state index < -0.39 is 40.3 Å². The lowest BCUT2D eigenvalue weighted by atomic mass is 9.45. The van der Waals surface area contributed by atoms with Crippen LogP contribution in [0.3, 0.4) is 0 Å². The lowest BCUT2D eigenvalue weighted by Crippen LogP contribution is -2.80. The van der Waals surface area contributed by atoms with Gasteiger partial charge in [-0.2, -0.15) is 0 Å². The number of phenols is 1. The molecule has 1 aromatic carbocycles. The van der Waals surface area contributed by atoms with Crippen molar-refractivity contribution < 1.29 is 38.4 Å². The molecule has 43 heavy (non-hydrogen) atoms. The number of phenolic OH excluding ortho intramolecular Hbond substituents is 1. The highest BCUT2D eigenvalue weighted by molar-refractivity contribution is 6.10. The van der Waals surface area contributed by atoms with Crippen molar-refractivity contribution in [2.24, 2.45) is 17.8 Å². The molecule has 0 radical (unpaired) electrons. The minimum Gasteiger partial charge on any atom is -0.506 e. The van der Waals surface area contributed by atoms with Gasteiger partial charge >= 0.3 is 0 Å². The Kier molecular flexibility index (Phi) is 6.68. The van der Waals surface area contributed by atoms with Gasteiger partial charge in [-0.1, -0.05) is 17.7 Å². The van der Waals surface area contributed by atoms with Gasteiger partial charge in [0.05, 0.1) is 23.2 Å². The summed E-state index contributed by atoms with van der Waals surface area (Å²) in [7, 11) is 0. The zero-order valence-corrected chi connectivity index (χ0v) is 26.3. The Labute approximate surface area is 253 Å². The number of benzene rings is 1. The van der Waals surface area contributed by atoms with Gasteiger partial charge in [0.25, 0.3) is 0 Å². The van der Waals surface area contributed by atoms with Crippen molar-refractivity contribution in [3.05, 3.63) is 46.1 Å². The number of Topliss-reactive ketones (excluding diaryl/α,β-unsaturated/α-hetero) is 2. The van der Waals surface area contributed by atoms with Gasteiger partial charge in [0.1, 0.15) is 34.7 Å². The summed E-state index contributed by atoms with van der Waals surface area (Å²) in [4.78, 5) is 41.2. The van der Waals surface area contributed by atoms with E-state index in [4.69, 9.17) is 18.9 Å². The molecule has 3 aliphatic heterocycles. The summed E-state index contributed by atoms with van der Waals surface area (Å²) in [5.41, 5.74) is -1.73. The molecule has 8 nitrogen and oxygen atoms in total. The molecule has 4 bridgehead atoms. The predicted octanol–water partition coefficient (Wildman–Crippen LogP) is 5.72. The van der Waals surface area contributed by atoms with E-state index in [1.807, 2.05) is 60.6 Å². The van der Waals surface area contributed by atoms with Gasteiger partial charge in [-0.05, 0) is 86.0 Å². The first-order chi connectivity index (χ1) is 20.2. The van der Waals surface area contributed by atoms with Crippen LogP contribution in [-0.4, -0.2) is 58.1 Å². The van der Waals surface area contributed by atoms with Crippen LogP contribution in [0.2, 0.25) is 0 Å². The zero-order chi connectivity index (χ0) is 31.3. The quantitative estimate of drug-likeness (QED) is 0.244. The molecule has 1 spiro atoms. The van der Waals surface area contributed by atoms with Gasteiger partial charge in [-0.3, -0.25) is 14.4 Å². The highest BCUT2D eigenvalue weighted by Gasteiger charge is 2.85. The summed E-state index contributed by atoms with van der Waals surface area (Å²) in [5, 5.41) is 11.7. The number of ether oxygens (including phenoxy) is 4. The van der Waals surface area contributed by atoms with E-state index in [1.54, 1.807) is 19.1 Å². The van der Waals surface area contributed by atoms with Crippen LogP contribution in [-0.2, 0) is 25.5 Å². The Bertz CT molecular complexity index is 1520. The number of fused-ring (bicyclic) bond motifs is 2. The standard InChI is InChI=1S/C35H42O8/c1-9-40-30-22-16-23-33(7,8)43-34(31(22)39,15-12-19(4)17-36)35(23)25(30)27(38)24-26(37)20-13-14-32(5,6)41-28(20)21(29(24)42-35)11-10-18(2)3/h10,12-14,17,22-23,25,30,37H,9,11,15-16H2,1-8H3/b19-12+/t22-,23-,25?,30-,34?,35+/m1/s1. The van der Waals surface area contributed by atoms with E-state index in [-0.39, 0.29) is 41.0 Å². The molecule has 3 heterocycles. The summed E-state index contributed by atoms with van der Waals surface area (Å²) >= 11 is 0. The summed E-state index contributed by atoms with van der Waals surface area (Å²) in [6.07, 6.45) is 8.33. The van der Waals surface area contributed by atoms with Crippen molar-refractivity contribution in [2.45, 2.75) is 103 Å². The van der Waals surface area contributed by atoms with E-state index in [0.29, 0.717) is 41.9 Å². The van der Waals surface area contributed by atoms with Crippen molar-refractivity contribution in [3.8, 4) is 17.2 Å². The molecule has 1 N–H and O–H groups in total. The van der Waals surface area contributed by atoms with Gasteiger partial charge in [-0.15, -0.1) is 0 Å². The molecule has 6 aliphatic rings. The Hall–Kier alpha value is -3.23. The maximum atomic E-state index is 15.0. The van der Waals surface area contributed by atoms with Gasteiger partial charge in [0, 0.05) is 30.4 Å². The van der Waals surface area contributed by atoms with Crippen LogP contribution in [0.15, 0.2) is 29.4 Å². The third-order valence-electron chi connectivity index (χ3n) is 10.1. The van der Waals surface area contributed by atoms with Crippen LogP contribution >= 0.6 is 0 Å². The molecule has 4 fully saturated rings. The first-order valence-electron chi connectivity index (χ1n) is 15.3. The average Bonchev–Trinajstić information content (AvgIpc) is 3.07. The van der Waals surface area contributed by atoms with Crippen LogP contribution in [0.1, 0.15) is 89.7 Å². The number of allylic oxidation sites excluding steroid dienone is 3. The largest absolute Gasteiger partial charge is 0.506 e. The van der Waals surface area contributed by atoms with Gasteiger partial charge in [0.2, 0.25) is 0 Å². The van der Waals surface area contributed by atoms with Crippen LogP contribution in [0.4, 0.5) is 0 Å². The fourth-order valence-electron chi connectivity index (χ4n) is 8.38. The van der Waals surface area contributed by atoms with Gasteiger partial charge < -0.3 is 24.1 Å². The Morgan fingerprint density at radius 3 is 2.47 bits per heavy atom. The van der Waals surface area contributed by atoms with Crippen molar-refractivity contribution >= 4 is 23.9 Å². The van der Waals surface area contributed by atoms with Gasteiger partial charge in [0.15, 0.2) is 22.8 Å². The second kappa shape index (κ2) is 9.63. The first kappa shape index (κ1) is 29.8. The van der Waals surface area contributed by atoms with Crippen molar-refractivity contribution in [1.82, 2.24) is 0 Å². The molecular formula is C35H42O8. The molecule has 6 atom stereocenters. The monoisotopic (exact) mass is 590 g/mol. The number of hydrogen-bond donors (Lipinski definition) is 1. The van der Waals surface area contributed by atoms with E-state index in [0.717, 1.165) is 11.9 Å². The Balaban J connectivity index is 1.68. The second-order valence-corrected chi connectivity index (χ2v) is 14.0. The fraction of sp³-hybridized carbons (Fsp3) is 0.571. The molecule has 1 aromatic rings. The van der Waals surface area contributed by atoms with E-state index >= 15 is 0 Å². The summed E-state index contributed by atoms with van der Waals surface area (Å²) < 4.78 is 26.7. The molecule has 230 valence electrons. The minimum atomic E-state index is -1.53. The molecule has 2 unspecified atom stereocenters. The maximum Gasteiger partial charge on any atom is 0.180 e. The van der Waals surface area contributed by atoms with E-state index in [2.05, 4.69) is 0 Å². The normalized spacial score (nSPS) is 34.1. The highest BCUT2D eigenvalue weighted by atomic mass is 16.6. The number of carbonyl (C=O) groups excluding carboxylic acids is 3. The molecular weight excluding hydrogens is 548 g/mol. The zero-order valence-electron chi connectivity index (χ0n) is 26.3. The van der Waals surface area contributed by atoms with Crippen molar-refractivity contribution in [3.63, 3.8) is 0 Å². The highest BCUT2D eigenvalue weighted by Crippen LogP contribution is 2.70. The second-order valence-electron chi connectivity index (χ2n) is 14.0. The van der Waals surface area contributed by atoms with Crippen molar-refractivity contribution in [1.29, 1.82) is 0 Å². The smallest absolute Gasteiger partial charge is 0.180 e. The summed E-state index contributed by atoms with van der Waals surface area (Å²) in [5.74, 6) is -1.82. The summed E-state index contributed by atoms with van der Waals surface area (Å²) in [6.45, 7) is 15.6. The fourth-order valence-corrected chi connectivity index (χ4v) is 8.38. The van der Waals surface area contributed by atoms with Crippen LogP contribution < -0.4 is 9.47 Å². The van der Waals surface area contributed by atoms with E-state index in [9.17, 15) is 19.5 Å². The average molecular weight is 591 g/mol. The molecule has 0 aromatic heterocycles. The minimum absolute atomic E-state index is 0.0806. The van der Waals surface area contributed by atoms with Crippen molar-refractivity contribution in [2.75, 3.05) is 6.61 Å². The molecule has 3 aliphatic carbocycles. The molecule has 0 amide bonds. The third kappa shape index (κ3) is 3.91. The predicted molar refractivity (Wildman–Crippen MR) is 161 cm³/mol. The molecule has 8 heteroatoms. The first-order valence-corrected chi connectivity index (χ1v) is 15.3. The number of carbonyl (C=O) groups is 3. The third-order valence-corrected chi connectivity index (χ3v) is 10.1. The van der Waals surface area contributed by atoms with Gasteiger partial charge in [-0.25, -0.2) is 0 Å². The topological polar surface area (TPSA) is 108 Å². The maximum absolute atomic E-state index is 15.0. The lowest BCUT2D eigenvalue weighted by molar-refractivity contribution is -0.226. The Morgan fingerprint density at radius 1 is 1.09 bits per heavy atom. The Morgan fingerprint density at radius 2 is 1.81 bits per heavy atom. The number of ketones is 2. The lowest BCUT2D eigenvalue weighted by Gasteiger charge is -2.62. The number of hydrogen-bond acceptors (Lipinski definition) is 8. The molecule has 3 saturated carbocycles.